The zero-order valence-corrected chi connectivity index (χ0v) is 14.9. The van der Waals surface area contributed by atoms with Crippen molar-refractivity contribution >= 4 is 23.3 Å². The summed E-state index contributed by atoms with van der Waals surface area (Å²) in [5.74, 6) is 0.529. The van der Waals surface area contributed by atoms with Crippen LogP contribution in [0.2, 0.25) is 5.02 Å². The molecule has 0 bridgehead atoms. The van der Waals surface area contributed by atoms with E-state index in [1.54, 1.807) is 36.4 Å². The summed E-state index contributed by atoms with van der Waals surface area (Å²) in [4.78, 5) is 16.2. The largest absolute Gasteiger partial charge is 0.474 e. The molecule has 0 aliphatic heterocycles. The third kappa shape index (κ3) is 5.11. The van der Waals surface area contributed by atoms with E-state index < -0.39 is 0 Å². The smallest absolute Gasteiger partial charge is 0.319 e. The van der Waals surface area contributed by atoms with Crippen LogP contribution in [-0.2, 0) is 0 Å². The van der Waals surface area contributed by atoms with Gasteiger partial charge >= 0.3 is 6.03 Å². The molecule has 0 atom stereocenters. The minimum atomic E-state index is -0.217. The van der Waals surface area contributed by atoms with E-state index in [2.05, 4.69) is 15.6 Å². The summed E-state index contributed by atoms with van der Waals surface area (Å²) >= 11 is 5.83. The summed E-state index contributed by atoms with van der Waals surface area (Å²) in [5, 5.41) is 15.2. The molecule has 6 nitrogen and oxygen atoms in total. The topological polar surface area (TPSA) is 87.0 Å². The summed E-state index contributed by atoms with van der Waals surface area (Å²) in [5.41, 5.74) is 1.22. The number of amides is 2. The fourth-order valence-corrected chi connectivity index (χ4v) is 3.02. The fraction of sp³-hybridized carbons (Fsp3) is 0.316. The highest BCUT2D eigenvalue weighted by Gasteiger charge is 2.24. The molecule has 0 unspecified atom stereocenters. The van der Waals surface area contributed by atoms with Gasteiger partial charge < -0.3 is 15.4 Å². The Morgan fingerprint density at radius 1 is 1.15 bits per heavy atom. The van der Waals surface area contributed by atoms with Gasteiger partial charge in [0, 0.05) is 29.0 Å². The molecule has 0 spiro atoms. The number of ether oxygens (including phenoxy) is 1. The van der Waals surface area contributed by atoms with E-state index in [1.807, 2.05) is 6.07 Å². The van der Waals surface area contributed by atoms with Gasteiger partial charge in [-0.2, -0.15) is 5.26 Å². The molecule has 1 fully saturated rings. The number of nitrogens with zero attached hydrogens (tertiary/aromatic N) is 2. The molecule has 2 N–H and O–H groups in total. The maximum Gasteiger partial charge on any atom is 0.319 e. The van der Waals surface area contributed by atoms with Crippen molar-refractivity contribution in [3.8, 4) is 11.9 Å². The van der Waals surface area contributed by atoms with Gasteiger partial charge in [-0.1, -0.05) is 11.6 Å². The number of hydrogen-bond acceptors (Lipinski definition) is 4. The Morgan fingerprint density at radius 3 is 2.50 bits per heavy atom. The predicted molar refractivity (Wildman–Crippen MR) is 99.2 cm³/mol. The second-order valence-electron chi connectivity index (χ2n) is 6.19. The molecule has 134 valence electrons. The first kappa shape index (κ1) is 18.0. The average Bonchev–Trinajstić information content (AvgIpc) is 2.66. The molecule has 1 aromatic carbocycles. The number of rotatable bonds is 4. The number of nitrogens with one attached hydrogen (secondary N) is 2. The number of urea groups is 1. The van der Waals surface area contributed by atoms with Crippen LogP contribution in [0.3, 0.4) is 0 Å². The number of carbonyl (C=O) groups is 1. The number of nitriles is 1. The zero-order chi connectivity index (χ0) is 18.4. The Kier molecular flexibility index (Phi) is 5.92. The Hall–Kier alpha value is -2.78. The van der Waals surface area contributed by atoms with Gasteiger partial charge in [-0.05, 0) is 56.0 Å². The Balaban J connectivity index is 1.42. The van der Waals surface area contributed by atoms with E-state index in [0.29, 0.717) is 22.2 Å². The van der Waals surface area contributed by atoms with E-state index in [4.69, 9.17) is 21.6 Å². The van der Waals surface area contributed by atoms with Crippen molar-refractivity contribution in [1.82, 2.24) is 10.3 Å². The average molecular weight is 371 g/mol. The van der Waals surface area contributed by atoms with E-state index in [1.165, 1.54) is 6.20 Å². The normalized spacial score (nSPS) is 19.2. The molecule has 7 heteroatoms. The third-order valence-electron chi connectivity index (χ3n) is 4.26. The highest BCUT2D eigenvalue weighted by molar-refractivity contribution is 6.30. The first-order chi connectivity index (χ1) is 12.6. The number of halogens is 1. The van der Waals surface area contributed by atoms with Crippen molar-refractivity contribution in [3.63, 3.8) is 0 Å². The monoisotopic (exact) mass is 370 g/mol. The zero-order valence-electron chi connectivity index (χ0n) is 14.1. The van der Waals surface area contributed by atoms with Crippen molar-refractivity contribution in [1.29, 1.82) is 5.26 Å². The molecule has 26 heavy (non-hydrogen) atoms. The summed E-state index contributed by atoms with van der Waals surface area (Å²) in [6.07, 6.45) is 4.95. The first-order valence-corrected chi connectivity index (χ1v) is 8.86. The van der Waals surface area contributed by atoms with Crippen molar-refractivity contribution in [2.45, 2.75) is 37.8 Å². The van der Waals surface area contributed by atoms with E-state index in [9.17, 15) is 4.79 Å². The molecule has 1 heterocycles. The van der Waals surface area contributed by atoms with E-state index >= 15 is 0 Å². The number of anilines is 1. The molecule has 1 saturated carbocycles. The Bertz CT molecular complexity index is 779. The second-order valence-corrected chi connectivity index (χ2v) is 6.63. The minimum absolute atomic E-state index is 0.0767. The maximum absolute atomic E-state index is 12.1. The van der Waals surface area contributed by atoms with Crippen LogP contribution in [-0.4, -0.2) is 23.2 Å². The number of hydrogen-bond donors (Lipinski definition) is 2. The van der Waals surface area contributed by atoms with Gasteiger partial charge in [0.2, 0.25) is 5.88 Å². The first-order valence-electron chi connectivity index (χ1n) is 8.48. The molecule has 1 aliphatic carbocycles. The van der Waals surface area contributed by atoms with Gasteiger partial charge in [0.25, 0.3) is 0 Å². The standard InChI is InChI=1S/C19H19ClN4O2/c20-14-2-4-15(5-3-14)23-19(25)24-16-6-8-17(9-7-16)26-18-10-1-13(11-21)12-22-18/h1-5,10,12,16-17H,6-9H2,(H2,23,24,25). The Labute approximate surface area is 157 Å². The second kappa shape index (κ2) is 8.54. The van der Waals surface area contributed by atoms with Crippen LogP contribution in [0.1, 0.15) is 31.2 Å². The van der Waals surface area contributed by atoms with Crippen molar-refractivity contribution < 1.29 is 9.53 Å². The van der Waals surface area contributed by atoms with Gasteiger partial charge in [0.15, 0.2) is 0 Å². The molecule has 0 radical (unpaired) electrons. The molecule has 3 rings (SSSR count). The highest BCUT2D eigenvalue weighted by atomic mass is 35.5. The predicted octanol–water partition coefficient (Wildman–Crippen LogP) is 4.12. The van der Waals surface area contributed by atoms with Crippen LogP contribution < -0.4 is 15.4 Å². The number of pyridine rings is 1. The lowest BCUT2D eigenvalue weighted by Gasteiger charge is -2.29. The molecule has 2 amide bonds. The number of carbonyl (C=O) groups excluding carboxylic acids is 1. The van der Waals surface area contributed by atoms with Crippen molar-refractivity contribution in [3.05, 3.63) is 53.2 Å². The van der Waals surface area contributed by atoms with Gasteiger partial charge in [-0.3, -0.25) is 0 Å². The summed E-state index contributed by atoms with van der Waals surface area (Å²) in [6.45, 7) is 0. The van der Waals surface area contributed by atoms with Crippen LogP contribution in [0.25, 0.3) is 0 Å². The van der Waals surface area contributed by atoms with Crippen LogP contribution in [0.4, 0.5) is 10.5 Å². The van der Waals surface area contributed by atoms with E-state index in [0.717, 1.165) is 25.7 Å². The van der Waals surface area contributed by atoms with Gasteiger partial charge in [0.1, 0.15) is 12.2 Å². The lowest BCUT2D eigenvalue weighted by molar-refractivity contribution is 0.135. The quantitative estimate of drug-likeness (QED) is 0.847. The van der Waals surface area contributed by atoms with Gasteiger partial charge in [0.05, 0.1) is 5.56 Å². The maximum atomic E-state index is 12.1. The van der Waals surface area contributed by atoms with Crippen LogP contribution >= 0.6 is 11.6 Å². The number of benzene rings is 1. The molecule has 0 saturated heterocycles. The van der Waals surface area contributed by atoms with Crippen molar-refractivity contribution in [2.24, 2.45) is 0 Å². The van der Waals surface area contributed by atoms with Gasteiger partial charge in [-0.25, -0.2) is 9.78 Å². The van der Waals surface area contributed by atoms with E-state index in [-0.39, 0.29) is 18.2 Å². The molecule has 2 aromatic rings. The van der Waals surface area contributed by atoms with Crippen LogP contribution in [0.5, 0.6) is 5.88 Å². The third-order valence-corrected chi connectivity index (χ3v) is 4.52. The van der Waals surface area contributed by atoms with Crippen LogP contribution in [0.15, 0.2) is 42.6 Å². The number of aromatic nitrogens is 1. The molecular formula is C19H19ClN4O2. The molecule has 1 aromatic heterocycles. The SMILES string of the molecule is N#Cc1ccc(OC2CCC(NC(=O)Nc3ccc(Cl)cc3)CC2)nc1. The lowest BCUT2D eigenvalue weighted by Crippen LogP contribution is -2.41. The lowest BCUT2D eigenvalue weighted by atomic mass is 9.93. The van der Waals surface area contributed by atoms with Gasteiger partial charge in [-0.15, -0.1) is 0 Å². The summed E-state index contributed by atoms with van der Waals surface area (Å²) in [7, 11) is 0. The molecular weight excluding hydrogens is 352 g/mol. The Morgan fingerprint density at radius 2 is 1.88 bits per heavy atom. The fourth-order valence-electron chi connectivity index (χ4n) is 2.90. The minimum Gasteiger partial charge on any atom is -0.474 e. The van der Waals surface area contributed by atoms with Crippen LogP contribution in [0, 0.1) is 11.3 Å². The summed E-state index contributed by atoms with van der Waals surface area (Å²) < 4.78 is 5.85. The van der Waals surface area contributed by atoms with Crippen molar-refractivity contribution in [2.75, 3.05) is 5.32 Å². The molecule has 1 aliphatic rings. The highest BCUT2D eigenvalue weighted by Crippen LogP contribution is 2.23. The summed E-state index contributed by atoms with van der Waals surface area (Å²) in [6, 6.07) is 12.3.